The summed E-state index contributed by atoms with van der Waals surface area (Å²) in [5.41, 5.74) is 0.274. The van der Waals surface area contributed by atoms with E-state index >= 15 is 0 Å². The average molecular weight is 403 g/mol. The maximum absolute atomic E-state index is 12.5. The molecule has 0 bridgehead atoms. The fourth-order valence-corrected chi connectivity index (χ4v) is 3.68. The van der Waals surface area contributed by atoms with E-state index in [0.29, 0.717) is 5.13 Å². The lowest BCUT2D eigenvalue weighted by atomic mass is 10.1. The van der Waals surface area contributed by atoms with Crippen LogP contribution in [0.5, 0.6) is 0 Å². The highest BCUT2D eigenvalue weighted by molar-refractivity contribution is 7.16. The Balaban J connectivity index is 1.85. The number of nitrogens with zero attached hydrogens (tertiary/aromatic N) is 2. The first kappa shape index (κ1) is 18.7. The first-order valence-corrected chi connectivity index (χ1v) is 9.51. The van der Waals surface area contributed by atoms with Crippen molar-refractivity contribution in [3.63, 3.8) is 0 Å². The molecule has 8 nitrogen and oxygen atoms in total. The third-order valence-corrected chi connectivity index (χ3v) is 5.05. The number of aromatic nitrogens is 1. The van der Waals surface area contributed by atoms with Gasteiger partial charge in [-0.25, -0.2) is 9.78 Å². The summed E-state index contributed by atoms with van der Waals surface area (Å²) < 4.78 is 4.86. The predicted molar refractivity (Wildman–Crippen MR) is 102 cm³/mol. The van der Waals surface area contributed by atoms with Gasteiger partial charge in [-0.2, -0.15) is 0 Å². The lowest BCUT2D eigenvalue weighted by Crippen LogP contribution is -2.14. The van der Waals surface area contributed by atoms with Crippen LogP contribution in [-0.2, 0) is 4.74 Å². The minimum absolute atomic E-state index is 0.0277. The maximum atomic E-state index is 12.5. The van der Waals surface area contributed by atoms with Crippen molar-refractivity contribution in [2.45, 2.75) is 6.92 Å². The van der Waals surface area contributed by atoms with Gasteiger partial charge in [-0.05, 0) is 24.4 Å². The molecule has 10 heteroatoms. The number of nitrogens with one attached hydrogen (secondary N) is 1. The SMILES string of the molecule is CCOC(=O)c1cc(C(=O)Nc2nc(-c3cccs3)cs2)cc([N+](=O)[O-])c1. The fraction of sp³-hybridized carbons (Fsp3) is 0.118. The topological polar surface area (TPSA) is 111 Å². The molecule has 3 rings (SSSR count). The summed E-state index contributed by atoms with van der Waals surface area (Å²) in [6.45, 7) is 1.74. The highest BCUT2D eigenvalue weighted by atomic mass is 32.1. The summed E-state index contributed by atoms with van der Waals surface area (Å²) in [5, 5.41) is 17.8. The summed E-state index contributed by atoms with van der Waals surface area (Å²) >= 11 is 2.76. The van der Waals surface area contributed by atoms with E-state index < -0.39 is 16.8 Å². The molecule has 0 fully saturated rings. The Morgan fingerprint density at radius 1 is 1.26 bits per heavy atom. The van der Waals surface area contributed by atoms with Gasteiger partial charge in [0, 0.05) is 23.1 Å². The van der Waals surface area contributed by atoms with Crippen LogP contribution in [-0.4, -0.2) is 28.4 Å². The second-order valence-electron chi connectivity index (χ2n) is 5.22. The van der Waals surface area contributed by atoms with Crippen molar-refractivity contribution in [2.24, 2.45) is 0 Å². The van der Waals surface area contributed by atoms with Crippen LogP contribution in [0.25, 0.3) is 10.6 Å². The van der Waals surface area contributed by atoms with Gasteiger partial charge >= 0.3 is 5.97 Å². The summed E-state index contributed by atoms with van der Waals surface area (Å²) in [6.07, 6.45) is 0. The zero-order valence-corrected chi connectivity index (χ0v) is 15.6. The largest absolute Gasteiger partial charge is 0.462 e. The van der Waals surface area contributed by atoms with Gasteiger partial charge in [-0.3, -0.25) is 20.2 Å². The smallest absolute Gasteiger partial charge is 0.338 e. The lowest BCUT2D eigenvalue weighted by molar-refractivity contribution is -0.384. The Labute approximate surface area is 161 Å². The van der Waals surface area contributed by atoms with Gasteiger partial charge in [0.1, 0.15) is 0 Å². The number of hydrogen-bond acceptors (Lipinski definition) is 8. The molecule has 0 unspecified atom stereocenters. The van der Waals surface area contributed by atoms with Gasteiger partial charge in [0.25, 0.3) is 11.6 Å². The van der Waals surface area contributed by atoms with Gasteiger partial charge < -0.3 is 4.74 Å². The third kappa shape index (κ3) is 4.36. The van der Waals surface area contributed by atoms with Crippen molar-refractivity contribution in [1.29, 1.82) is 0 Å². The van der Waals surface area contributed by atoms with Crippen LogP contribution in [0.15, 0.2) is 41.1 Å². The highest BCUT2D eigenvalue weighted by Gasteiger charge is 2.19. The number of non-ortho nitro benzene ring substituents is 1. The van der Waals surface area contributed by atoms with Gasteiger partial charge in [0.05, 0.1) is 27.7 Å². The second kappa shape index (κ2) is 8.06. The van der Waals surface area contributed by atoms with E-state index in [1.54, 1.807) is 12.3 Å². The van der Waals surface area contributed by atoms with E-state index in [1.807, 2.05) is 17.5 Å². The molecular formula is C17H13N3O5S2. The van der Waals surface area contributed by atoms with Crippen LogP contribution in [0.4, 0.5) is 10.8 Å². The minimum atomic E-state index is -0.732. The Hall–Kier alpha value is -3.11. The first-order chi connectivity index (χ1) is 13.0. The molecule has 1 N–H and O–H groups in total. The highest BCUT2D eigenvalue weighted by Crippen LogP contribution is 2.28. The van der Waals surface area contributed by atoms with Crippen LogP contribution in [0, 0.1) is 10.1 Å². The van der Waals surface area contributed by atoms with Crippen LogP contribution in [0.2, 0.25) is 0 Å². The van der Waals surface area contributed by atoms with Crippen LogP contribution in [0.3, 0.4) is 0 Å². The maximum Gasteiger partial charge on any atom is 0.338 e. The number of nitro groups is 1. The number of carbonyl (C=O) groups excluding carboxylic acids is 2. The zero-order valence-electron chi connectivity index (χ0n) is 14.0. The van der Waals surface area contributed by atoms with E-state index in [0.717, 1.165) is 22.7 Å². The second-order valence-corrected chi connectivity index (χ2v) is 7.02. The first-order valence-electron chi connectivity index (χ1n) is 7.75. The number of anilines is 1. The quantitative estimate of drug-likeness (QED) is 0.375. The van der Waals surface area contributed by atoms with Crippen molar-refractivity contribution in [3.05, 3.63) is 62.3 Å². The van der Waals surface area contributed by atoms with E-state index in [-0.39, 0.29) is 23.4 Å². The zero-order chi connectivity index (χ0) is 19.4. The normalized spacial score (nSPS) is 10.4. The summed E-state index contributed by atoms with van der Waals surface area (Å²) in [6, 6.07) is 7.25. The van der Waals surface area contributed by atoms with E-state index in [9.17, 15) is 19.7 Å². The fourth-order valence-electron chi connectivity index (χ4n) is 2.22. The standard InChI is InChI=1S/C17H13N3O5S2/c1-2-25-16(22)11-6-10(7-12(8-11)20(23)24)15(21)19-17-18-13(9-27-17)14-4-3-5-26-14/h3-9H,2H2,1H3,(H,18,19,21). The molecule has 0 aliphatic carbocycles. The molecule has 2 heterocycles. The Morgan fingerprint density at radius 3 is 2.70 bits per heavy atom. The number of carbonyl (C=O) groups is 2. The number of amides is 1. The number of esters is 1. The molecule has 1 aromatic carbocycles. The number of thiazole rings is 1. The van der Waals surface area contributed by atoms with Gasteiger partial charge in [0.2, 0.25) is 0 Å². The summed E-state index contributed by atoms with van der Waals surface area (Å²) in [5.74, 6) is -1.33. The Kier molecular flexibility index (Phi) is 5.57. The van der Waals surface area contributed by atoms with Gasteiger partial charge in [-0.1, -0.05) is 6.07 Å². The number of hydrogen-bond donors (Lipinski definition) is 1. The Morgan fingerprint density at radius 2 is 2.04 bits per heavy atom. The minimum Gasteiger partial charge on any atom is -0.462 e. The number of rotatable bonds is 6. The van der Waals surface area contributed by atoms with Crippen molar-refractivity contribution < 1.29 is 19.2 Å². The molecule has 138 valence electrons. The molecule has 0 aliphatic heterocycles. The molecular weight excluding hydrogens is 390 g/mol. The molecule has 2 aromatic heterocycles. The van der Waals surface area contributed by atoms with E-state index in [2.05, 4.69) is 10.3 Å². The van der Waals surface area contributed by atoms with Crippen molar-refractivity contribution in [3.8, 4) is 10.6 Å². The average Bonchev–Trinajstić information content (AvgIpc) is 3.33. The number of ether oxygens (including phenoxy) is 1. The van der Waals surface area contributed by atoms with E-state index in [1.165, 1.54) is 28.7 Å². The van der Waals surface area contributed by atoms with Crippen molar-refractivity contribution in [1.82, 2.24) is 4.98 Å². The molecule has 27 heavy (non-hydrogen) atoms. The summed E-state index contributed by atoms with van der Waals surface area (Å²) in [7, 11) is 0. The van der Waals surface area contributed by atoms with Crippen LogP contribution >= 0.6 is 22.7 Å². The molecule has 1 amide bonds. The number of thiophene rings is 1. The third-order valence-electron chi connectivity index (χ3n) is 3.40. The number of nitro benzene ring substituents is 1. The number of benzene rings is 1. The lowest BCUT2D eigenvalue weighted by Gasteiger charge is -2.06. The molecule has 3 aromatic rings. The molecule has 0 spiro atoms. The van der Waals surface area contributed by atoms with Crippen molar-refractivity contribution in [2.75, 3.05) is 11.9 Å². The van der Waals surface area contributed by atoms with Gasteiger partial charge in [0.15, 0.2) is 5.13 Å². The van der Waals surface area contributed by atoms with E-state index in [4.69, 9.17) is 4.74 Å². The van der Waals surface area contributed by atoms with Crippen molar-refractivity contribution >= 4 is 45.4 Å². The van der Waals surface area contributed by atoms with Crippen LogP contribution in [0.1, 0.15) is 27.6 Å². The molecule has 0 saturated heterocycles. The van der Waals surface area contributed by atoms with Crippen LogP contribution < -0.4 is 5.32 Å². The molecule has 0 atom stereocenters. The predicted octanol–water partition coefficient (Wildman–Crippen LogP) is 4.21. The van der Waals surface area contributed by atoms with Gasteiger partial charge in [-0.15, -0.1) is 22.7 Å². The molecule has 0 radical (unpaired) electrons. The molecule has 0 aliphatic rings. The molecule has 0 saturated carbocycles. The Bertz CT molecular complexity index is 998. The monoisotopic (exact) mass is 403 g/mol. The summed E-state index contributed by atoms with van der Waals surface area (Å²) in [4.78, 5) is 40.1.